The molecule has 0 bridgehead atoms. The number of nitrogens with two attached hydrogens (primary N) is 1. The molecule has 1 aliphatic heterocycles. The molecule has 0 unspecified atom stereocenters. The monoisotopic (exact) mass is 243 g/mol. The van der Waals surface area contributed by atoms with Crippen LogP contribution < -0.4 is 10.6 Å². The lowest BCUT2D eigenvalue weighted by Gasteiger charge is -2.24. The third kappa shape index (κ3) is 1.98. The number of hydrogen-bond acceptors (Lipinski definition) is 3. The smallest absolute Gasteiger partial charge is 0.232 e. The highest BCUT2D eigenvalue weighted by atomic mass is 16.2. The standard InChI is InChI=1S/C14H17N3O/c1-14(2,9-16)11-3-4-12-10(7-11)8-13(18)17(12)6-5-15/h3-4,7H,6,8-9,16H2,1-2H3. The maximum Gasteiger partial charge on any atom is 0.232 e. The maximum absolute atomic E-state index is 11.8. The largest absolute Gasteiger partial charge is 0.330 e. The average molecular weight is 243 g/mol. The molecule has 0 aliphatic carbocycles. The van der Waals surface area contributed by atoms with Gasteiger partial charge in [-0.3, -0.25) is 9.69 Å². The van der Waals surface area contributed by atoms with Crippen molar-refractivity contribution in [1.82, 2.24) is 0 Å². The van der Waals surface area contributed by atoms with Gasteiger partial charge in [0.25, 0.3) is 0 Å². The van der Waals surface area contributed by atoms with E-state index in [9.17, 15) is 4.79 Å². The van der Waals surface area contributed by atoms with Gasteiger partial charge >= 0.3 is 0 Å². The van der Waals surface area contributed by atoms with Gasteiger partial charge in [0, 0.05) is 17.6 Å². The lowest BCUT2D eigenvalue weighted by molar-refractivity contribution is -0.117. The molecule has 1 aliphatic rings. The molecule has 4 nitrogen and oxygen atoms in total. The molecular weight excluding hydrogens is 226 g/mol. The summed E-state index contributed by atoms with van der Waals surface area (Å²) in [6.45, 7) is 4.84. The van der Waals surface area contributed by atoms with E-state index in [4.69, 9.17) is 11.0 Å². The van der Waals surface area contributed by atoms with Crippen LogP contribution in [0.2, 0.25) is 0 Å². The fourth-order valence-electron chi connectivity index (χ4n) is 2.17. The average Bonchev–Trinajstić information content (AvgIpc) is 2.66. The van der Waals surface area contributed by atoms with Crippen LogP contribution in [-0.4, -0.2) is 19.0 Å². The van der Waals surface area contributed by atoms with Gasteiger partial charge in [0.2, 0.25) is 5.91 Å². The molecule has 94 valence electrons. The maximum atomic E-state index is 11.8. The molecule has 1 amide bonds. The highest BCUT2D eigenvalue weighted by Crippen LogP contribution is 2.33. The summed E-state index contributed by atoms with van der Waals surface area (Å²) in [6.07, 6.45) is 0.380. The zero-order valence-electron chi connectivity index (χ0n) is 10.7. The summed E-state index contributed by atoms with van der Waals surface area (Å²) in [5.41, 5.74) is 8.66. The Kier molecular flexibility index (Phi) is 3.10. The molecule has 2 rings (SSSR count). The summed E-state index contributed by atoms with van der Waals surface area (Å²) >= 11 is 0. The predicted molar refractivity (Wildman–Crippen MR) is 70.2 cm³/mol. The summed E-state index contributed by atoms with van der Waals surface area (Å²) in [6, 6.07) is 7.98. The quantitative estimate of drug-likeness (QED) is 0.814. The summed E-state index contributed by atoms with van der Waals surface area (Å²) in [4.78, 5) is 13.3. The molecule has 18 heavy (non-hydrogen) atoms. The lowest BCUT2D eigenvalue weighted by atomic mass is 9.84. The van der Waals surface area contributed by atoms with Crippen molar-refractivity contribution >= 4 is 11.6 Å². The zero-order chi connectivity index (χ0) is 13.3. The summed E-state index contributed by atoms with van der Waals surface area (Å²) in [5, 5.41) is 8.73. The van der Waals surface area contributed by atoms with Crippen molar-refractivity contribution in [2.75, 3.05) is 18.0 Å². The number of fused-ring (bicyclic) bond motifs is 1. The van der Waals surface area contributed by atoms with E-state index < -0.39 is 0 Å². The third-order valence-corrected chi connectivity index (χ3v) is 3.53. The van der Waals surface area contributed by atoms with Gasteiger partial charge in [-0.25, -0.2) is 0 Å². The molecule has 0 saturated heterocycles. The second-order valence-electron chi connectivity index (χ2n) is 5.25. The van der Waals surface area contributed by atoms with Crippen molar-refractivity contribution in [1.29, 1.82) is 5.26 Å². The molecule has 0 saturated carbocycles. The van der Waals surface area contributed by atoms with Gasteiger partial charge in [0.1, 0.15) is 6.54 Å². The van der Waals surface area contributed by atoms with Gasteiger partial charge in [-0.2, -0.15) is 5.26 Å². The number of rotatable bonds is 3. The van der Waals surface area contributed by atoms with Crippen LogP contribution >= 0.6 is 0 Å². The number of carbonyl (C=O) groups is 1. The van der Waals surface area contributed by atoms with Gasteiger partial charge < -0.3 is 5.73 Å². The second kappa shape index (κ2) is 4.43. The van der Waals surface area contributed by atoms with Crippen LogP contribution in [0, 0.1) is 11.3 Å². The van der Waals surface area contributed by atoms with Crippen LogP contribution in [0.15, 0.2) is 18.2 Å². The Morgan fingerprint density at radius 3 is 2.83 bits per heavy atom. The highest BCUT2D eigenvalue weighted by Gasteiger charge is 2.29. The molecule has 1 aromatic carbocycles. The molecule has 4 heteroatoms. The number of hydrogen-bond donors (Lipinski definition) is 1. The molecule has 1 heterocycles. The summed E-state index contributed by atoms with van der Waals surface area (Å²) in [7, 11) is 0. The van der Waals surface area contributed by atoms with Crippen LogP contribution in [0.3, 0.4) is 0 Å². The van der Waals surface area contributed by atoms with E-state index in [0.717, 1.165) is 16.8 Å². The van der Waals surface area contributed by atoms with Crippen molar-refractivity contribution in [2.24, 2.45) is 5.73 Å². The Balaban J connectivity index is 2.40. The normalized spacial score (nSPS) is 14.6. The number of nitriles is 1. The molecule has 2 N–H and O–H groups in total. The summed E-state index contributed by atoms with van der Waals surface area (Å²) < 4.78 is 0. The Hall–Kier alpha value is -1.86. The number of amides is 1. The van der Waals surface area contributed by atoms with E-state index >= 15 is 0 Å². The number of anilines is 1. The van der Waals surface area contributed by atoms with E-state index in [-0.39, 0.29) is 17.9 Å². The van der Waals surface area contributed by atoms with E-state index in [1.165, 1.54) is 4.90 Å². The predicted octanol–water partition coefficient (Wildman–Crippen LogP) is 1.34. The topological polar surface area (TPSA) is 70.1 Å². The Bertz CT molecular complexity index is 528. The number of carbonyl (C=O) groups excluding carboxylic acids is 1. The first-order chi connectivity index (χ1) is 8.49. The second-order valence-corrected chi connectivity index (χ2v) is 5.25. The van der Waals surface area contributed by atoms with E-state index in [0.29, 0.717) is 13.0 Å². The number of benzene rings is 1. The molecule has 0 atom stereocenters. The van der Waals surface area contributed by atoms with E-state index in [2.05, 4.69) is 13.8 Å². The van der Waals surface area contributed by atoms with Crippen molar-refractivity contribution in [3.63, 3.8) is 0 Å². The van der Waals surface area contributed by atoms with Crippen LogP contribution in [0.1, 0.15) is 25.0 Å². The summed E-state index contributed by atoms with van der Waals surface area (Å²) in [5.74, 6) is -0.00532. The van der Waals surface area contributed by atoms with Gasteiger partial charge in [-0.05, 0) is 17.2 Å². The Labute approximate surface area is 107 Å². The molecule has 0 spiro atoms. The SMILES string of the molecule is CC(C)(CN)c1ccc2c(c1)CC(=O)N2CC#N. The molecule has 1 aromatic rings. The fourth-order valence-corrected chi connectivity index (χ4v) is 2.17. The van der Waals surface area contributed by atoms with Crippen LogP contribution in [0.25, 0.3) is 0 Å². The van der Waals surface area contributed by atoms with Crippen LogP contribution in [-0.2, 0) is 16.6 Å². The highest BCUT2D eigenvalue weighted by molar-refractivity contribution is 6.01. The van der Waals surface area contributed by atoms with Gasteiger partial charge in [0.05, 0.1) is 12.5 Å². The van der Waals surface area contributed by atoms with Crippen LogP contribution in [0.4, 0.5) is 5.69 Å². The Morgan fingerprint density at radius 2 is 2.22 bits per heavy atom. The lowest BCUT2D eigenvalue weighted by Crippen LogP contribution is -2.28. The minimum Gasteiger partial charge on any atom is -0.330 e. The van der Waals surface area contributed by atoms with Crippen molar-refractivity contribution in [2.45, 2.75) is 25.7 Å². The molecule has 0 radical (unpaired) electrons. The first kappa shape index (κ1) is 12.6. The van der Waals surface area contributed by atoms with Gasteiger partial charge in [-0.1, -0.05) is 26.0 Å². The first-order valence-corrected chi connectivity index (χ1v) is 6.00. The number of nitrogens with zero attached hydrogens (tertiary/aromatic N) is 2. The molecule has 0 fully saturated rings. The fraction of sp³-hybridized carbons (Fsp3) is 0.429. The van der Waals surface area contributed by atoms with Crippen molar-refractivity contribution in [3.05, 3.63) is 29.3 Å². The minimum absolute atomic E-state index is 0.00532. The molecule has 0 aromatic heterocycles. The molecular formula is C14H17N3O. The van der Waals surface area contributed by atoms with Gasteiger partial charge in [0.15, 0.2) is 0 Å². The van der Waals surface area contributed by atoms with Crippen molar-refractivity contribution < 1.29 is 4.79 Å². The zero-order valence-corrected chi connectivity index (χ0v) is 10.7. The first-order valence-electron chi connectivity index (χ1n) is 6.00. The van der Waals surface area contributed by atoms with Gasteiger partial charge in [-0.15, -0.1) is 0 Å². The minimum atomic E-state index is -0.0965. The van der Waals surface area contributed by atoms with Crippen LogP contribution in [0.5, 0.6) is 0 Å². The third-order valence-electron chi connectivity index (χ3n) is 3.53. The van der Waals surface area contributed by atoms with E-state index in [1.807, 2.05) is 24.3 Å². The van der Waals surface area contributed by atoms with Crippen molar-refractivity contribution in [3.8, 4) is 6.07 Å². The Morgan fingerprint density at radius 1 is 1.50 bits per heavy atom. The van der Waals surface area contributed by atoms with E-state index in [1.54, 1.807) is 0 Å².